The average Bonchev–Trinajstić information content (AvgIpc) is 2.47. The van der Waals surface area contributed by atoms with Gasteiger partial charge in [-0.1, -0.05) is 24.3 Å². The second kappa shape index (κ2) is 5.72. The van der Waals surface area contributed by atoms with Crippen molar-refractivity contribution in [2.24, 2.45) is 0 Å². The van der Waals surface area contributed by atoms with Crippen LogP contribution in [0.2, 0.25) is 0 Å². The summed E-state index contributed by atoms with van der Waals surface area (Å²) in [5, 5.41) is 19.8. The van der Waals surface area contributed by atoms with Crippen molar-refractivity contribution in [3.8, 4) is 11.5 Å². The van der Waals surface area contributed by atoms with Crippen LogP contribution in [-0.2, 0) is 5.41 Å². The second-order valence-electron chi connectivity index (χ2n) is 6.54. The second-order valence-corrected chi connectivity index (χ2v) is 6.54. The quantitative estimate of drug-likeness (QED) is 0.790. The third-order valence-corrected chi connectivity index (χ3v) is 4.70. The van der Waals surface area contributed by atoms with Crippen LogP contribution in [0.4, 0.5) is 13.2 Å². The fourth-order valence-electron chi connectivity index (χ4n) is 2.98. The minimum atomic E-state index is -4.54. The molecule has 24 heavy (non-hydrogen) atoms. The molecule has 130 valence electrons. The summed E-state index contributed by atoms with van der Waals surface area (Å²) in [5.41, 5.74) is -0.542. The highest BCUT2D eigenvalue weighted by Gasteiger charge is 2.53. The van der Waals surface area contributed by atoms with E-state index in [4.69, 9.17) is 0 Å². The Bertz CT molecular complexity index is 688. The van der Waals surface area contributed by atoms with Gasteiger partial charge in [0.1, 0.15) is 16.9 Å². The van der Waals surface area contributed by atoms with Crippen LogP contribution in [0.15, 0.2) is 24.3 Å². The molecule has 2 aromatic rings. The third kappa shape index (κ3) is 2.72. The van der Waals surface area contributed by atoms with E-state index in [1.54, 1.807) is 27.7 Å². The summed E-state index contributed by atoms with van der Waals surface area (Å²) >= 11 is 0. The molecule has 2 aromatic carbocycles. The van der Waals surface area contributed by atoms with Crippen molar-refractivity contribution in [1.82, 2.24) is 0 Å². The molecule has 0 bridgehead atoms. The van der Waals surface area contributed by atoms with Gasteiger partial charge < -0.3 is 10.2 Å². The van der Waals surface area contributed by atoms with E-state index >= 15 is 0 Å². The van der Waals surface area contributed by atoms with Gasteiger partial charge in [-0.25, -0.2) is 0 Å². The van der Waals surface area contributed by atoms with Crippen LogP contribution in [-0.4, -0.2) is 16.4 Å². The van der Waals surface area contributed by atoms with Gasteiger partial charge in [-0.15, -0.1) is 0 Å². The number of hydrogen-bond donors (Lipinski definition) is 2. The monoisotopic (exact) mass is 338 g/mol. The molecule has 0 aliphatic rings. The molecule has 0 heterocycles. The topological polar surface area (TPSA) is 40.5 Å². The predicted octanol–water partition coefficient (Wildman–Crippen LogP) is 5.20. The Balaban J connectivity index is 2.83. The van der Waals surface area contributed by atoms with Crippen molar-refractivity contribution in [1.29, 1.82) is 0 Å². The smallest absolute Gasteiger partial charge is 0.402 e. The van der Waals surface area contributed by atoms with E-state index < -0.39 is 11.6 Å². The summed E-state index contributed by atoms with van der Waals surface area (Å²) in [6, 6.07) is 5.47. The molecule has 0 spiro atoms. The predicted molar refractivity (Wildman–Crippen MR) is 87.7 cm³/mol. The number of alkyl halides is 3. The lowest BCUT2D eigenvalue weighted by Crippen LogP contribution is -2.41. The molecule has 0 atom stereocenters. The Kier molecular flexibility index (Phi) is 4.33. The number of phenolic OH excluding ortho intramolecular Hbond substituents is 2. The first-order valence-corrected chi connectivity index (χ1v) is 7.57. The average molecular weight is 338 g/mol. The first kappa shape index (κ1) is 18.2. The number of rotatable bonds is 2. The number of halogens is 3. The molecule has 2 nitrogen and oxygen atoms in total. The summed E-state index contributed by atoms with van der Waals surface area (Å²) in [7, 11) is 0. The number of hydrogen-bond acceptors (Lipinski definition) is 2. The number of benzene rings is 2. The zero-order valence-corrected chi connectivity index (χ0v) is 14.3. The maximum Gasteiger partial charge on any atom is 0.402 e. The standard InChI is InChI=1S/C19H21F3O2/c1-10-6-14(7-11(2)16(10)23)18(5,19(20,21)22)15-8-12(3)17(24)13(4)9-15/h6-9,23-24H,1-5H3. The maximum absolute atomic E-state index is 14.1. The van der Waals surface area contributed by atoms with Crippen molar-refractivity contribution in [2.45, 2.75) is 46.2 Å². The van der Waals surface area contributed by atoms with Gasteiger partial charge in [0.2, 0.25) is 0 Å². The Morgan fingerprint density at radius 3 is 1.12 bits per heavy atom. The molecule has 0 saturated carbocycles. The zero-order chi connectivity index (χ0) is 18.4. The maximum atomic E-state index is 14.1. The van der Waals surface area contributed by atoms with Crippen molar-refractivity contribution in [3.05, 3.63) is 57.6 Å². The summed E-state index contributed by atoms with van der Waals surface area (Å²) in [6.07, 6.45) is -4.54. The highest BCUT2D eigenvalue weighted by Crippen LogP contribution is 2.48. The van der Waals surface area contributed by atoms with Gasteiger partial charge in [0.25, 0.3) is 0 Å². The largest absolute Gasteiger partial charge is 0.507 e. The molecule has 0 aromatic heterocycles. The van der Waals surface area contributed by atoms with Gasteiger partial charge in [-0.3, -0.25) is 0 Å². The van der Waals surface area contributed by atoms with E-state index in [0.717, 1.165) is 6.92 Å². The Hall–Kier alpha value is -2.17. The SMILES string of the molecule is Cc1cc(C(C)(c2cc(C)c(O)c(C)c2)C(F)(F)F)cc(C)c1O. The summed E-state index contributed by atoms with van der Waals surface area (Å²) < 4.78 is 42.2. The van der Waals surface area contributed by atoms with E-state index in [-0.39, 0.29) is 22.6 Å². The molecule has 0 aliphatic carbocycles. The molecular weight excluding hydrogens is 317 g/mol. The Labute approximate surface area is 139 Å². The number of phenols is 2. The van der Waals surface area contributed by atoms with Crippen molar-refractivity contribution >= 4 is 0 Å². The lowest BCUT2D eigenvalue weighted by atomic mass is 9.73. The minimum absolute atomic E-state index is 0.00124. The first-order valence-electron chi connectivity index (χ1n) is 7.57. The van der Waals surface area contributed by atoms with Crippen molar-refractivity contribution < 1.29 is 23.4 Å². The molecule has 2 N–H and O–H groups in total. The highest BCUT2D eigenvalue weighted by atomic mass is 19.4. The van der Waals surface area contributed by atoms with Crippen LogP contribution in [0, 0.1) is 27.7 Å². The Morgan fingerprint density at radius 2 is 0.917 bits per heavy atom. The van der Waals surface area contributed by atoms with Crippen LogP contribution in [0.3, 0.4) is 0 Å². The fourth-order valence-corrected chi connectivity index (χ4v) is 2.98. The van der Waals surface area contributed by atoms with Crippen molar-refractivity contribution in [2.75, 3.05) is 0 Å². The van der Waals surface area contributed by atoms with Crippen LogP contribution in [0.1, 0.15) is 40.3 Å². The fraction of sp³-hybridized carbons (Fsp3) is 0.368. The first-order chi connectivity index (χ1) is 10.9. The molecule has 0 saturated heterocycles. The number of aryl methyl sites for hydroxylation is 4. The van der Waals surface area contributed by atoms with Crippen LogP contribution < -0.4 is 0 Å². The lowest BCUT2D eigenvalue weighted by Gasteiger charge is -2.34. The van der Waals surface area contributed by atoms with Gasteiger partial charge >= 0.3 is 6.18 Å². The minimum Gasteiger partial charge on any atom is -0.507 e. The van der Waals surface area contributed by atoms with E-state index in [0.29, 0.717) is 22.3 Å². The van der Waals surface area contributed by atoms with Gasteiger partial charge in [-0.05, 0) is 68.0 Å². The molecular formula is C19H21F3O2. The van der Waals surface area contributed by atoms with Crippen molar-refractivity contribution in [3.63, 3.8) is 0 Å². The van der Waals surface area contributed by atoms with Gasteiger partial charge in [0.15, 0.2) is 0 Å². The molecule has 0 unspecified atom stereocenters. The molecule has 5 heteroatoms. The van der Waals surface area contributed by atoms with E-state index in [9.17, 15) is 23.4 Å². The number of aromatic hydroxyl groups is 2. The van der Waals surface area contributed by atoms with Crippen LogP contribution >= 0.6 is 0 Å². The summed E-state index contributed by atoms with van der Waals surface area (Å²) in [4.78, 5) is 0. The van der Waals surface area contributed by atoms with Gasteiger partial charge in [0.05, 0.1) is 0 Å². The van der Waals surface area contributed by atoms with Crippen LogP contribution in [0.25, 0.3) is 0 Å². The molecule has 2 rings (SSSR count). The molecule has 0 amide bonds. The van der Waals surface area contributed by atoms with E-state index in [1.807, 2.05) is 0 Å². The van der Waals surface area contributed by atoms with E-state index in [2.05, 4.69) is 0 Å². The third-order valence-electron chi connectivity index (χ3n) is 4.70. The summed E-state index contributed by atoms with van der Waals surface area (Å²) in [6.45, 7) is 7.45. The highest BCUT2D eigenvalue weighted by molar-refractivity contribution is 5.52. The zero-order valence-electron chi connectivity index (χ0n) is 14.3. The van der Waals surface area contributed by atoms with Gasteiger partial charge in [0, 0.05) is 0 Å². The molecule has 0 aliphatic heterocycles. The van der Waals surface area contributed by atoms with E-state index in [1.165, 1.54) is 24.3 Å². The normalized spacial score (nSPS) is 12.5. The summed E-state index contributed by atoms with van der Waals surface area (Å²) in [5.74, 6) is 0.00248. The Morgan fingerprint density at radius 1 is 0.667 bits per heavy atom. The van der Waals surface area contributed by atoms with Crippen LogP contribution in [0.5, 0.6) is 11.5 Å². The van der Waals surface area contributed by atoms with Gasteiger partial charge in [-0.2, -0.15) is 13.2 Å². The lowest BCUT2D eigenvalue weighted by molar-refractivity contribution is -0.173. The molecule has 0 fully saturated rings. The molecule has 0 radical (unpaired) electrons.